The van der Waals surface area contributed by atoms with Crippen molar-refractivity contribution in [1.29, 1.82) is 0 Å². The largest absolute Gasteiger partial charge is 0.478 e. The lowest BCUT2D eigenvalue weighted by atomic mass is 10.1. The summed E-state index contributed by atoms with van der Waals surface area (Å²) in [6.07, 6.45) is 1.13. The molecule has 0 amide bonds. The van der Waals surface area contributed by atoms with Crippen LogP contribution in [0.5, 0.6) is 11.5 Å². The maximum atomic E-state index is 11.4. The highest BCUT2D eigenvalue weighted by molar-refractivity contribution is 7.90. The number of sulfone groups is 1. The third-order valence-corrected chi connectivity index (χ3v) is 4.04. The molecule has 5 nitrogen and oxygen atoms in total. The van der Waals surface area contributed by atoms with Gasteiger partial charge < -0.3 is 9.84 Å². The molecule has 0 radical (unpaired) electrons. The van der Waals surface area contributed by atoms with Gasteiger partial charge in [-0.1, -0.05) is 6.07 Å². The molecule has 2 aromatic rings. The molecule has 0 aliphatic carbocycles. The first-order valence-electron chi connectivity index (χ1n) is 6.09. The van der Waals surface area contributed by atoms with Crippen molar-refractivity contribution in [1.82, 2.24) is 0 Å². The number of rotatable bonds is 4. The zero-order valence-corrected chi connectivity index (χ0v) is 12.3. The summed E-state index contributed by atoms with van der Waals surface area (Å²) in [6.45, 7) is 1.80. The quantitative estimate of drug-likeness (QED) is 0.939. The van der Waals surface area contributed by atoms with Crippen molar-refractivity contribution in [2.75, 3.05) is 6.26 Å². The summed E-state index contributed by atoms with van der Waals surface area (Å²) < 4.78 is 28.3. The number of hydrogen-bond acceptors (Lipinski definition) is 4. The molecule has 0 aliphatic rings. The molecule has 0 saturated heterocycles. The summed E-state index contributed by atoms with van der Waals surface area (Å²) in [7, 11) is -3.25. The minimum Gasteiger partial charge on any atom is -0.478 e. The topological polar surface area (TPSA) is 80.7 Å². The molecule has 0 unspecified atom stereocenters. The molecular formula is C15H14O5S. The van der Waals surface area contributed by atoms with Crippen molar-refractivity contribution >= 4 is 15.8 Å². The molecule has 0 saturated carbocycles. The second kappa shape index (κ2) is 5.57. The highest BCUT2D eigenvalue weighted by atomic mass is 32.2. The van der Waals surface area contributed by atoms with E-state index < -0.39 is 15.8 Å². The first-order chi connectivity index (χ1) is 9.77. The molecule has 0 spiro atoms. The van der Waals surface area contributed by atoms with E-state index in [9.17, 15) is 13.2 Å². The van der Waals surface area contributed by atoms with Crippen LogP contribution in [-0.2, 0) is 9.84 Å². The summed E-state index contributed by atoms with van der Waals surface area (Å²) in [5.74, 6) is -0.178. The molecule has 2 aromatic carbocycles. The number of ether oxygens (including phenoxy) is 1. The van der Waals surface area contributed by atoms with Crippen LogP contribution >= 0.6 is 0 Å². The smallest absolute Gasteiger partial charge is 0.335 e. The van der Waals surface area contributed by atoms with Gasteiger partial charge in [-0.3, -0.25) is 0 Å². The Labute approximate surface area is 122 Å². The normalized spacial score (nSPS) is 11.1. The van der Waals surface area contributed by atoms with Crippen molar-refractivity contribution in [3.05, 3.63) is 53.6 Å². The van der Waals surface area contributed by atoms with Crippen molar-refractivity contribution in [3.8, 4) is 11.5 Å². The monoisotopic (exact) mass is 306 g/mol. The molecule has 2 rings (SSSR count). The van der Waals surface area contributed by atoms with Crippen LogP contribution in [0.15, 0.2) is 47.4 Å². The van der Waals surface area contributed by atoms with Gasteiger partial charge in [0.2, 0.25) is 0 Å². The van der Waals surface area contributed by atoms with Gasteiger partial charge in [-0.15, -0.1) is 0 Å². The van der Waals surface area contributed by atoms with E-state index in [4.69, 9.17) is 9.84 Å². The Kier molecular flexibility index (Phi) is 3.99. The molecule has 0 fully saturated rings. The number of benzene rings is 2. The molecule has 0 heterocycles. The Hall–Kier alpha value is -2.34. The molecule has 110 valence electrons. The van der Waals surface area contributed by atoms with Gasteiger partial charge in [0.1, 0.15) is 11.5 Å². The van der Waals surface area contributed by atoms with Gasteiger partial charge in [-0.2, -0.15) is 0 Å². The molecule has 0 aromatic heterocycles. The zero-order valence-electron chi connectivity index (χ0n) is 11.5. The van der Waals surface area contributed by atoms with Crippen molar-refractivity contribution in [2.45, 2.75) is 11.8 Å². The summed E-state index contributed by atoms with van der Waals surface area (Å²) in [6, 6.07) is 10.5. The van der Waals surface area contributed by atoms with E-state index in [-0.39, 0.29) is 10.5 Å². The van der Waals surface area contributed by atoms with Gasteiger partial charge in [0, 0.05) is 6.26 Å². The van der Waals surface area contributed by atoms with E-state index in [0.29, 0.717) is 11.5 Å². The van der Waals surface area contributed by atoms with Crippen LogP contribution in [0.25, 0.3) is 0 Å². The van der Waals surface area contributed by atoms with Crippen LogP contribution in [0.4, 0.5) is 0 Å². The molecule has 0 bridgehead atoms. The highest BCUT2D eigenvalue weighted by Gasteiger charge is 2.10. The number of carbonyl (C=O) groups is 1. The first kappa shape index (κ1) is 15.1. The van der Waals surface area contributed by atoms with Gasteiger partial charge in [0.05, 0.1) is 10.5 Å². The summed E-state index contributed by atoms with van der Waals surface area (Å²) >= 11 is 0. The van der Waals surface area contributed by atoms with Crippen LogP contribution < -0.4 is 4.74 Å². The molecule has 6 heteroatoms. The summed E-state index contributed by atoms with van der Waals surface area (Å²) in [5.41, 5.74) is 0.913. The lowest BCUT2D eigenvalue weighted by Crippen LogP contribution is -1.98. The average molecular weight is 306 g/mol. The third kappa shape index (κ3) is 3.61. The van der Waals surface area contributed by atoms with Gasteiger partial charge in [-0.25, -0.2) is 13.2 Å². The van der Waals surface area contributed by atoms with Crippen molar-refractivity contribution in [2.24, 2.45) is 0 Å². The lowest BCUT2D eigenvalue weighted by molar-refractivity contribution is 0.0696. The van der Waals surface area contributed by atoms with E-state index in [0.717, 1.165) is 11.8 Å². The van der Waals surface area contributed by atoms with Crippen LogP contribution in [-0.4, -0.2) is 25.7 Å². The van der Waals surface area contributed by atoms with Crippen molar-refractivity contribution < 1.29 is 23.1 Å². The molecule has 21 heavy (non-hydrogen) atoms. The average Bonchev–Trinajstić information content (AvgIpc) is 2.40. The van der Waals surface area contributed by atoms with E-state index in [1.54, 1.807) is 13.0 Å². The predicted molar refractivity (Wildman–Crippen MR) is 77.8 cm³/mol. The fourth-order valence-corrected chi connectivity index (χ4v) is 2.36. The fourth-order valence-electron chi connectivity index (χ4n) is 1.72. The standard InChI is InChI=1S/C15H14O5S/c1-10-3-4-11(15(16)17)9-14(10)20-12-5-7-13(8-6-12)21(2,18)19/h3-9H,1-2H3,(H,16,17). The number of carboxylic acid groups (broad SMARTS) is 1. The maximum Gasteiger partial charge on any atom is 0.335 e. The first-order valence-corrected chi connectivity index (χ1v) is 7.98. The van der Waals surface area contributed by atoms with E-state index >= 15 is 0 Å². The Balaban J connectivity index is 2.30. The SMILES string of the molecule is Cc1ccc(C(=O)O)cc1Oc1ccc(S(C)(=O)=O)cc1. The van der Waals surface area contributed by atoms with Crippen LogP contribution in [0.3, 0.4) is 0 Å². The molecular weight excluding hydrogens is 292 g/mol. The Morgan fingerprint density at radius 3 is 2.24 bits per heavy atom. The van der Waals surface area contributed by atoms with Gasteiger partial charge in [0.15, 0.2) is 9.84 Å². The van der Waals surface area contributed by atoms with Gasteiger partial charge in [0.25, 0.3) is 0 Å². The Morgan fingerprint density at radius 1 is 1.10 bits per heavy atom. The molecule has 1 N–H and O–H groups in total. The summed E-state index contributed by atoms with van der Waals surface area (Å²) in [5, 5.41) is 8.97. The van der Waals surface area contributed by atoms with Crippen LogP contribution in [0, 0.1) is 6.92 Å². The van der Waals surface area contributed by atoms with Gasteiger partial charge >= 0.3 is 5.97 Å². The number of hydrogen-bond donors (Lipinski definition) is 1. The van der Waals surface area contributed by atoms with Crippen molar-refractivity contribution in [3.63, 3.8) is 0 Å². The van der Waals surface area contributed by atoms with Crippen LogP contribution in [0.2, 0.25) is 0 Å². The minimum absolute atomic E-state index is 0.128. The highest BCUT2D eigenvalue weighted by Crippen LogP contribution is 2.27. The predicted octanol–water partition coefficient (Wildman–Crippen LogP) is 2.89. The maximum absolute atomic E-state index is 11.4. The minimum atomic E-state index is -3.25. The lowest BCUT2D eigenvalue weighted by Gasteiger charge is -2.10. The molecule has 0 aliphatic heterocycles. The molecule has 0 atom stereocenters. The van der Waals surface area contributed by atoms with E-state index in [2.05, 4.69) is 0 Å². The summed E-state index contributed by atoms with van der Waals surface area (Å²) in [4.78, 5) is 11.1. The van der Waals surface area contributed by atoms with E-state index in [1.807, 2.05) is 0 Å². The van der Waals surface area contributed by atoms with Crippen LogP contribution in [0.1, 0.15) is 15.9 Å². The number of carboxylic acids is 1. The van der Waals surface area contributed by atoms with E-state index in [1.165, 1.54) is 36.4 Å². The number of aromatic carboxylic acids is 1. The Bertz CT molecular complexity index is 776. The second-order valence-electron chi connectivity index (χ2n) is 4.63. The van der Waals surface area contributed by atoms with Gasteiger partial charge in [-0.05, 0) is 48.9 Å². The fraction of sp³-hybridized carbons (Fsp3) is 0.133. The third-order valence-electron chi connectivity index (χ3n) is 2.91. The zero-order chi connectivity index (χ0) is 15.6. The number of aryl methyl sites for hydroxylation is 1. The second-order valence-corrected chi connectivity index (χ2v) is 6.65. The Morgan fingerprint density at radius 2 is 1.71 bits per heavy atom.